The summed E-state index contributed by atoms with van der Waals surface area (Å²) in [4.78, 5) is 36.8. The number of nitrogens with one attached hydrogen (secondary N) is 2. The van der Waals surface area contributed by atoms with E-state index in [1.54, 1.807) is 36.5 Å². The minimum Gasteiger partial charge on any atom is -0.497 e. The van der Waals surface area contributed by atoms with Crippen LogP contribution in [0.1, 0.15) is 0 Å². The SMILES string of the molecule is COc1ccc2ncnc(N3CC(NC[C@H]4COC(=O)N4c4ccc5c(c4)NC(=O)CO5)C3)c2c1. The van der Waals surface area contributed by atoms with E-state index in [1.807, 2.05) is 18.2 Å². The number of nitrogens with zero attached hydrogens (tertiary/aromatic N) is 4. The number of ether oxygens (including phenoxy) is 3. The largest absolute Gasteiger partial charge is 0.497 e. The second-order valence-corrected chi connectivity index (χ2v) is 8.71. The lowest BCUT2D eigenvalue weighted by Crippen LogP contribution is -2.60. The molecule has 2 amide bonds. The van der Waals surface area contributed by atoms with Gasteiger partial charge in [-0.05, 0) is 36.4 Å². The second kappa shape index (κ2) is 8.58. The van der Waals surface area contributed by atoms with Crippen LogP contribution in [0.5, 0.6) is 11.5 Å². The fourth-order valence-electron chi connectivity index (χ4n) is 4.63. The van der Waals surface area contributed by atoms with E-state index >= 15 is 0 Å². The molecule has 3 aromatic rings. The molecular weight excluding hydrogens is 452 g/mol. The van der Waals surface area contributed by atoms with Gasteiger partial charge in [-0.25, -0.2) is 14.8 Å². The van der Waals surface area contributed by atoms with Gasteiger partial charge in [0.1, 0.15) is 30.3 Å². The summed E-state index contributed by atoms with van der Waals surface area (Å²) in [6, 6.07) is 11.2. The van der Waals surface area contributed by atoms with E-state index in [2.05, 4.69) is 25.5 Å². The van der Waals surface area contributed by atoms with Crippen LogP contribution in [0.3, 0.4) is 0 Å². The summed E-state index contributed by atoms with van der Waals surface area (Å²) in [5, 5.41) is 7.28. The van der Waals surface area contributed by atoms with E-state index in [1.165, 1.54) is 0 Å². The molecule has 2 saturated heterocycles. The lowest BCUT2D eigenvalue weighted by atomic mass is 10.1. The first kappa shape index (κ1) is 21.4. The summed E-state index contributed by atoms with van der Waals surface area (Å²) in [5.74, 6) is 2.01. The minimum atomic E-state index is -0.406. The molecule has 1 atom stereocenters. The van der Waals surface area contributed by atoms with Crippen molar-refractivity contribution in [2.45, 2.75) is 12.1 Å². The van der Waals surface area contributed by atoms with Crippen LogP contribution in [0.2, 0.25) is 0 Å². The molecule has 0 saturated carbocycles. The van der Waals surface area contributed by atoms with Crippen molar-refractivity contribution in [3.63, 3.8) is 0 Å². The van der Waals surface area contributed by atoms with Crippen molar-refractivity contribution in [1.29, 1.82) is 0 Å². The number of methoxy groups -OCH3 is 1. The van der Waals surface area contributed by atoms with Gasteiger partial charge in [-0.3, -0.25) is 9.69 Å². The zero-order chi connectivity index (χ0) is 23.9. The molecule has 2 aromatic carbocycles. The predicted octanol–water partition coefficient (Wildman–Crippen LogP) is 1.77. The monoisotopic (exact) mass is 476 g/mol. The van der Waals surface area contributed by atoms with E-state index in [4.69, 9.17) is 14.2 Å². The van der Waals surface area contributed by atoms with Crippen molar-refractivity contribution < 1.29 is 23.8 Å². The highest BCUT2D eigenvalue weighted by Gasteiger charge is 2.37. The Kier molecular flexibility index (Phi) is 5.25. The number of anilines is 3. The first-order valence-electron chi connectivity index (χ1n) is 11.4. The predicted molar refractivity (Wildman–Crippen MR) is 128 cm³/mol. The lowest BCUT2D eigenvalue weighted by Gasteiger charge is -2.41. The molecule has 4 heterocycles. The average molecular weight is 476 g/mol. The number of aromatic nitrogens is 2. The highest BCUT2D eigenvalue weighted by molar-refractivity contribution is 5.98. The second-order valence-electron chi connectivity index (χ2n) is 8.71. The summed E-state index contributed by atoms with van der Waals surface area (Å²) in [6.45, 7) is 2.42. The molecule has 6 rings (SSSR count). The molecule has 11 heteroatoms. The van der Waals surface area contributed by atoms with Gasteiger partial charge < -0.3 is 29.7 Å². The number of hydrogen-bond donors (Lipinski definition) is 2. The smallest absolute Gasteiger partial charge is 0.414 e. The van der Waals surface area contributed by atoms with Crippen LogP contribution < -0.4 is 29.9 Å². The zero-order valence-electron chi connectivity index (χ0n) is 19.1. The number of amides is 2. The molecule has 0 spiro atoms. The van der Waals surface area contributed by atoms with Crippen molar-refractivity contribution >= 4 is 40.1 Å². The summed E-state index contributed by atoms with van der Waals surface area (Å²) >= 11 is 0. The van der Waals surface area contributed by atoms with Gasteiger partial charge in [-0.15, -0.1) is 0 Å². The summed E-state index contributed by atoms with van der Waals surface area (Å²) in [7, 11) is 1.64. The normalized spacial score (nSPS) is 19.6. The van der Waals surface area contributed by atoms with Crippen LogP contribution in [-0.2, 0) is 9.53 Å². The molecule has 180 valence electrons. The Bertz CT molecular complexity index is 1310. The minimum absolute atomic E-state index is 0.0125. The molecule has 3 aliphatic heterocycles. The van der Waals surface area contributed by atoms with Crippen molar-refractivity contribution in [1.82, 2.24) is 15.3 Å². The van der Waals surface area contributed by atoms with E-state index in [0.29, 0.717) is 30.3 Å². The van der Waals surface area contributed by atoms with E-state index < -0.39 is 6.09 Å². The molecule has 11 nitrogen and oxygen atoms in total. The topological polar surface area (TPSA) is 118 Å². The third-order valence-corrected chi connectivity index (χ3v) is 6.48. The molecule has 3 aliphatic rings. The fourth-order valence-corrected chi connectivity index (χ4v) is 4.63. The van der Waals surface area contributed by atoms with Gasteiger partial charge in [-0.2, -0.15) is 0 Å². The van der Waals surface area contributed by atoms with Gasteiger partial charge >= 0.3 is 6.09 Å². The van der Waals surface area contributed by atoms with Gasteiger partial charge in [0.25, 0.3) is 5.91 Å². The Morgan fingerprint density at radius 3 is 2.89 bits per heavy atom. The highest BCUT2D eigenvalue weighted by atomic mass is 16.6. The van der Waals surface area contributed by atoms with Gasteiger partial charge in [0.2, 0.25) is 0 Å². The highest BCUT2D eigenvalue weighted by Crippen LogP contribution is 2.34. The molecule has 2 fully saturated rings. The summed E-state index contributed by atoms with van der Waals surface area (Å²) in [6.07, 6.45) is 1.17. The molecule has 35 heavy (non-hydrogen) atoms. The molecule has 2 N–H and O–H groups in total. The average Bonchev–Trinajstić information content (AvgIpc) is 3.22. The van der Waals surface area contributed by atoms with Crippen molar-refractivity contribution in [2.24, 2.45) is 0 Å². The molecule has 0 aliphatic carbocycles. The maximum absolute atomic E-state index is 12.5. The van der Waals surface area contributed by atoms with Crippen LogP contribution in [-0.4, -0.2) is 74.0 Å². The van der Waals surface area contributed by atoms with Crippen LogP contribution in [0.25, 0.3) is 10.9 Å². The number of hydrogen-bond acceptors (Lipinski definition) is 9. The maximum Gasteiger partial charge on any atom is 0.414 e. The number of carbonyl (C=O) groups is 2. The Morgan fingerprint density at radius 2 is 2.03 bits per heavy atom. The third kappa shape index (κ3) is 3.93. The van der Waals surface area contributed by atoms with Gasteiger partial charge in [0.05, 0.1) is 24.4 Å². The molecule has 0 bridgehead atoms. The van der Waals surface area contributed by atoms with Crippen LogP contribution in [0.4, 0.5) is 22.0 Å². The Labute approximate surface area is 201 Å². The molecular formula is C24H24N6O5. The summed E-state index contributed by atoms with van der Waals surface area (Å²) in [5.41, 5.74) is 2.07. The number of benzene rings is 2. The van der Waals surface area contributed by atoms with E-state index in [9.17, 15) is 9.59 Å². The molecule has 0 radical (unpaired) electrons. The third-order valence-electron chi connectivity index (χ3n) is 6.48. The van der Waals surface area contributed by atoms with Gasteiger partial charge in [0.15, 0.2) is 6.61 Å². The van der Waals surface area contributed by atoms with Gasteiger partial charge in [-0.1, -0.05) is 0 Å². The number of fused-ring (bicyclic) bond motifs is 2. The Balaban J connectivity index is 1.11. The number of cyclic esters (lactones) is 1. The van der Waals surface area contributed by atoms with E-state index in [-0.39, 0.29) is 24.6 Å². The number of carbonyl (C=O) groups excluding carboxylic acids is 2. The van der Waals surface area contributed by atoms with Crippen molar-refractivity contribution in [3.05, 3.63) is 42.7 Å². The van der Waals surface area contributed by atoms with E-state index in [0.717, 1.165) is 35.6 Å². The lowest BCUT2D eigenvalue weighted by molar-refractivity contribution is -0.118. The fraction of sp³-hybridized carbons (Fsp3) is 0.333. The molecule has 1 aromatic heterocycles. The van der Waals surface area contributed by atoms with Crippen molar-refractivity contribution in [3.8, 4) is 11.5 Å². The maximum atomic E-state index is 12.5. The van der Waals surface area contributed by atoms with Crippen LogP contribution in [0, 0.1) is 0 Å². The van der Waals surface area contributed by atoms with Crippen LogP contribution >= 0.6 is 0 Å². The first-order valence-corrected chi connectivity index (χ1v) is 11.4. The van der Waals surface area contributed by atoms with Crippen molar-refractivity contribution in [2.75, 3.05) is 55.1 Å². The van der Waals surface area contributed by atoms with Gasteiger partial charge in [0, 0.05) is 36.7 Å². The number of rotatable bonds is 6. The Morgan fingerprint density at radius 1 is 1.14 bits per heavy atom. The first-order chi connectivity index (χ1) is 17.1. The zero-order valence-corrected chi connectivity index (χ0v) is 19.1. The molecule has 0 unspecified atom stereocenters. The summed E-state index contributed by atoms with van der Waals surface area (Å²) < 4.78 is 16.1. The standard InChI is InChI=1S/C24H24N6O5/c1-33-17-3-4-19-18(7-17)23(27-13-26-19)29-9-14(10-29)25-8-16-11-35-24(32)30(16)15-2-5-21-20(6-15)28-22(31)12-34-21/h2-7,13-14,16,25H,8-12H2,1H3,(H,28,31)/t16-/m0/s1. The quantitative estimate of drug-likeness (QED) is 0.549. The van der Waals surface area contributed by atoms with Crippen LogP contribution in [0.15, 0.2) is 42.7 Å². The Hall–Kier alpha value is -4.12.